The zero-order valence-corrected chi connectivity index (χ0v) is 8.98. The molecule has 0 bridgehead atoms. The van der Waals surface area contributed by atoms with Crippen molar-refractivity contribution >= 4 is 0 Å². The van der Waals surface area contributed by atoms with Crippen molar-refractivity contribution in [3.05, 3.63) is 46.7 Å². The zero-order valence-electron chi connectivity index (χ0n) is 8.98. The first-order valence-electron chi connectivity index (χ1n) is 5.10. The molecule has 2 heterocycles. The summed E-state index contributed by atoms with van der Waals surface area (Å²) in [6, 6.07) is 7.60. The highest BCUT2D eigenvalue weighted by molar-refractivity contribution is 5.64. The van der Waals surface area contributed by atoms with E-state index in [4.69, 9.17) is 0 Å². The summed E-state index contributed by atoms with van der Waals surface area (Å²) in [7, 11) is 0. The van der Waals surface area contributed by atoms with Gasteiger partial charge in [0, 0.05) is 5.56 Å². The van der Waals surface area contributed by atoms with Crippen LogP contribution in [-0.4, -0.2) is 20.3 Å². The van der Waals surface area contributed by atoms with Crippen LogP contribution in [0.25, 0.3) is 22.8 Å². The predicted octanol–water partition coefficient (Wildman–Crippen LogP) is 1.56. The molecule has 90 valence electrons. The second kappa shape index (κ2) is 3.95. The van der Waals surface area contributed by atoms with E-state index in [0.29, 0.717) is 11.4 Å². The molecule has 0 radical (unpaired) electrons. The Morgan fingerprint density at radius 3 is 2.67 bits per heavy atom. The second-order valence-electron chi connectivity index (χ2n) is 3.62. The number of H-pyrrole nitrogens is 2. The van der Waals surface area contributed by atoms with E-state index >= 15 is 0 Å². The van der Waals surface area contributed by atoms with Gasteiger partial charge in [-0.3, -0.25) is 14.6 Å². The van der Waals surface area contributed by atoms with Crippen molar-refractivity contribution in [2.75, 3.05) is 0 Å². The van der Waals surface area contributed by atoms with Gasteiger partial charge in [-0.1, -0.05) is 5.16 Å². The maximum absolute atomic E-state index is 12.8. The van der Waals surface area contributed by atoms with Crippen LogP contribution in [0.3, 0.4) is 0 Å². The molecule has 3 rings (SSSR count). The highest BCUT2D eigenvalue weighted by Gasteiger charge is 2.09. The zero-order chi connectivity index (χ0) is 12.5. The summed E-state index contributed by atoms with van der Waals surface area (Å²) in [5, 5.41) is 10.3. The lowest BCUT2D eigenvalue weighted by molar-refractivity contribution is 0.387. The van der Waals surface area contributed by atoms with Gasteiger partial charge in [-0.05, 0) is 30.3 Å². The van der Waals surface area contributed by atoms with Crippen LogP contribution in [0, 0.1) is 5.82 Å². The van der Waals surface area contributed by atoms with Crippen molar-refractivity contribution in [2.45, 2.75) is 0 Å². The summed E-state index contributed by atoms with van der Waals surface area (Å²) in [5.74, 6) is -0.681. The molecule has 18 heavy (non-hydrogen) atoms. The van der Waals surface area contributed by atoms with Gasteiger partial charge in [-0.25, -0.2) is 9.18 Å². The Labute approximate surface area is 99.5 Å². The molecule has 2 aromatic heterocycles. The molecular weight excluding hydrogens is 239 g/mol. The van der Waals surface area contributed by atoms with Gasteiger partial charge in [-0.15, -0.1) is 0 Å². The lowest BCUT2D eigenvalue weighted by Crippen LogP contribution is -1.94. The Morgan fingerprint density at radius 2 is 2.00 bits per heavy atom. The first-order valence-corrected chi connectivity index (χ1v) is 5.10. The standard InChI is InChI=1S/C11H7FN4O2/c12-7-3-1-6(2-4-7)8-5-9(15-14-8)10-13-11(17)18-16-10/h1-5H,(H,14,15)(H,13,16,17). The number of rotatable bonds is 2. The molecule has 0 aliphatic rings. The van der Waals surface area contributed by atoms with Crippen LogP contribution >= 0.6 is 0 Å². The minimum absolute atomic E-state index is 0.265. The van der Waals surface area contributed by atoms with Gasteiger partial charge in [0.1, 0.15) is 11.5 Å². The van der Waals surface area contributed by atoms with E-state index in [2.05, 4.69) is 24.9 Å². The number of aromatic nitrogens is 4. The van der Waals surface area contributed by atoms with E-state index in [0.717, 1.165) is 5.56 Å². The molecule has 6 nitrogen and oxygen atoms in total. The topological polar surface area (TPSA) is 87.6 Å². The molecule has 7 heteroatoms. The van der Waals surface area contributed by atoms with Crippen LogP contribution in [0.1, 0.15) is 0 Å². The van der Waals surface area contributed by atoms with E-state index in [1.54, 1.807) is 18.2 Å². The van der Waals surface area contributed by atoms with Gasteiger partial charge in [0.05, 0.1) is 5.69 Å². The van der Waals surface area contributed by atoms with Crippen LogP contribution in [0.15, 0.2) is 39.6 Å². The lowest BCUT2D eigenvalue weighted by Gasteiger charge is -1.94. The van der Waals surface area contributed by atoms with Gasteiger partial charge in [0.15, 0.2) is 0 Å². The Kier molecular flexibility index (Phi) is 2.30. The number of nitrogens with one attached hydrogen (secondary N) is 2. The largest absolute Gasteiger partial charge is 0.439 e. The first kappa shape index (κ1) is 10.5. The molecule has 0 saturated heterocycles. The van der Waals surface area contributed by atoms with Crippen LogP contribution < -0.4 is 5.76 Å². The summed E-state index contributed by atoms with van der Waals surface area (Å²) >= 11 is 0. The van der Waals surface area contributed by atoms with Gasteiger partial charge in [0.25, 0.3) is 0 Å². The van der Waals surface area contributed by atoms with Crippen LogP contribution in [0.5, 0.6) is 0 Å². The van der Waals surface area contributed by atoms with Gasteiger partial charge >= 0.3 is 5.76 Å². The van der Waals surface area contributed by atoms with E-state index in [9.17, 15) is 9.18 Å². The van der Waals surface area contributed by atoms with Crippen LogP contribution in [-0.2, 0) is 0 Å². The fourth-order valence-corrected chi connectivity index (χ4v) is 1.56. The molecule has 0 atom stereocenters. The Balaban J connectivity index is 1.98. The number of halogens is 1. The van der Waals surface area contributed by atoms with Crippen molar-refractivity contribution in [3.8, 4) is 22.8 Å². The lowest BCUT2D eigenvalue weighted by atomic mass is 10.1. The van der Waals surface area contributed by atoms with E-state index < -0.39 is 5.76 Å². The smallest absolute Gasteiger partial charge is 0.296 e. The second-order valence-corrected chi connectivity index (χ2v) is 3.62. The van der Waals surface area contributed by atoms with E-state index in [1.807, 2.05) is 0 Å². The molecule has 2 N–H and O–H groups in total. The molecule has 3 aromatic rings. The monoisotopic (exact) mass is 246 g/mol. The Morgan fingerprint density at radius 1 is 1.22 bits per heavy atom. The van der Waals surface area contributed by atoms with Gasteiger partial charge < -0.3 is 0 Å². The average Bonchev–Trinajstić information content (AvgIpc) is 2.98. The van der Waals surface area contributed by atoms with E-state index in [-0.39, 0.29) is 11.6 Å². The first-order chi connectivity index (χ1) is 8.72. The maximum atomic E-state index is 12.8. The molecule has 0 spiro atoms. The predicted molar refractivity (Wildman–Crippen MR) is 60.1 cm³/mol. The molecule has 0 amide bonds. The third kappa shape index (κ3) is 1.81. The molecule has 0 aliphatic heterocycles. The normalized spacial score (nSPS) is 10.7. The van der Waals surface area contributed by atoms with Crippen LogP contribution in [0.2, 0.25) is 0 Å². The number of hydrogen-bond acceptors (Lipinski definition) is 4. The van der Waals surface area contributed by atoms with Crippen molar-refractivity contribution in [3.63, 3.8) is 0 Å². The summed E-state index contributed by atoms with van der Waals surface area (Å²) in [6.45, 7) is 0. The van der Waals surface area contributed by atoms with Gasteiger partial charge in [0.2, 0.25) is 5.82 Å². The van der Waals surface area contributed by atoms with Gasteiger partial charge in [-0.2, -0.15) is 5.10 Å². The highest BCUT2D eigenvalue weighted by atomic mass is 19.1. The molecule has 1 aromatic carbocycles. The average molecular weight is 246 g/mol. The minimum Gasteiger partial charge on any atom is -0.296 e. The number of aromatic amines is 2. The summed E-state index contributed by atoms with van der Waals surface area (Å²) in [4.78, 5) is 13.2. The summed E-state index contributed by atoms with van der Waals surface area (Å²) in [5.41, 5.74) is 1.89. The number of benzene rings is 1. The van der Waals surface area contributed by atoms with E-state index in [1.165, 1.54) is 12.1 Å². The number of nitrogens with zero attached hydrogens (tertiary/aromatic N) is 2. The summed E-state index contributed by atoms with van der Waals surface area (Å²) in [6.07, 6.45) is 0. The van der Waals surface area contributed by atoms with Crippen molar-refractivity contribution in [1.82, 2.24) is 20.3 Å². The fraction of sp³-hybridized carbons (Fsp3) is 0. The molecule has 0 saturated carbocycles. The quantitative estimate of drug-likeness (QED) is 0.718. The fourth-order valence-electron chi connectivity index (χ4n) is 1.56. The molecule has 0 fully saturated rings. The molecule has 0 aliphatic carbocycles. The number of hydrogen-bond donors (Lipinski definition) is 2. The van der Waals surface area contributed by atoms with Crippen molar-refractivity contribution in [1.29, 1.82) is 0 Å². The van der Waals surface area contributed by atoms with Crippen molar-refractivity contribution in [2.24, 2.45) is 0 Å². The SMILES string of the molecule is O=c1[nH]c(-c2cc(-c3ccc(F)cc3)n[nH]2)no1. The molecular formula is C11H7FN4O2. The third-order valence-corrected chi connectivity index (χ3v) is 2.41. The van der Waals surface area contributed by atoms with Crippen molar-refractivity contribution < 1.29 is 8.91 Å². The van der Waals surface area contributed by atoms with Crippen LogP contribution in [0.4, 0.5) is 4.39 Å². The third-order valence-electron chi connectivity index (χ3n) is 2.41. The minimum atomic E-state index is -0.636. The Hall–Kier alpha value is -2.70. The maximum Gasteiger partial charge on any atom is 0.439 e. The Bertz CT molecular complexity index is 726. The highest BCUT2D eigenvalue weighted by Crippen LogP contribution is 2.21. The molecule has 0 unspecified atom stereocenters. The summed E-state index contributed by atoms with van der Waals surface area (Å²) < 4.78 is 17.2.